The number of piperidine rings is 1. The van der Waals surface area contributed by atoms with E-state index in [2.05, 4.69) is 21.6 Å². The van der Waals surface area contributed by atoms with Crippen molar-refractivity contribution in [1.29, 1.82) is 0 Å². The summed E-state index contributed by atoms with van der Waals surface area (Å²) < 4.78 is 0. The SMILES string of the molecule is Cc1cc(C)cc(C(=O)N2CCC[C@@H](C(=O)Nc3cccc(-c4ccn[nH]4)c3)C2)c1. The molecule has 1 saturated heterocycles. The number of nitrogens with one attached hydrogen (secondary N) is 2. The van der Waals surface area contributed by atoms with E-state index in [0.717, 1.165) is 40.9 Å². The number of hydrogen-bond donors (Lipinski definition) is 2. The van der Waals surface area contributed by atoms with Crippen molar-refractivity contribution < 1.29 is 9.59 Å². The molecule has 30 heavy (non-hydrogen) atoms. The number of aromatic nitrogens is 2. The van der Waals surface area contributed by atoms with Gasteiger partial charge in [0.25, 0.3) is 5.91 Å². The van der Waals surface area contributed by atoms with Gasteiger partial charge < -0.3 is 10.2 Å². The van der Waals surface area contributed by atoms with Crippen molar-refractivity contribution in [3.05, 3.63) is 71.4 Å². The summed E-state index contributed by atoms with van der Waals surface area (Å²) in [5.41, 5.74) is 5.43. The maximum absolute atomic E-state index is 13.0. The number of likely N-dealkylation sites (tertiary alicyclic amines) is 1. The molecule has 0 saturated carbocycles. The van der Waals surface area contributed by atoms with E-state index in [4.69, 9.17) is 0 Å². The topological polar surface area (TPSA) is 78.1 Å². The van der Waals surface area contributed by atoms with E-state index in [1.54, 1.807) is 6.20 Å². The number of rotatable bonds is 4. The molecule has 3 aromatic rings. The van der Waals surface area contributed by atoms with Crippen LogP contribution in [0.15, 0.2) is 54.7 Å². The third kappa shape index (κ3) is 4.43. The lowest BCUT2D eigenvalue weighted by atomic mass is 9.96. The Morgan fingerprint density at radius 1 is 1.10 bits per heavy atom. The zero-order valence-corrected chi connectivity index (χ0v) is 17.3. The Balaban J connectivity index is 1.44. The van der Waals surface area contributed by atoms with Crippen molar-refractivity contribution in [1.82, 2.24) is 15.1 Å². The Labute approximate surface area is 176 Å². The quantitative estimate of drug-likeness (QED) is 0.687. The van der Waals surface area contributed by atoms with Gasteiger partial charge in [0.15, 0.2) is 0 Å². The van der Waals surface area contributed by atoms with E-state index in [1.165, 1.54) is 0 Å². The lowest BCUT2D eigenvalue weighted by molar-refractivity contribution is -0.121. The minimum atomic E-state index is -0.218. The molecule has 1 fully saturated rings. The van der Waals surface area contributed by atoms with Gasteiger partial charge in [-0.2, -0.15) is 5.10 Å². The van der Waals surface area contributed by atoms with Crippen LogP contribution in [0.4, 0.5) is 5.69 Å². The van der Waals surface area contributed by atoms with Crippen molar-refractivity contribution in [2.24, 2.45) is 5.92 Å². The maximum atomic E-state index is 13.0. The summed E-state index contributed by atoms with van der Waals surface area (Å²) in [7, 11) is 0. The molecule has 6 nitrogen and oxygen atoms in total. The first-order valence-electron chi connectivity index (χ1n) is 10.3. The molecule has 2 heterocycles. The second-order valence-corrected chi connectivity index (χ2v) is 8.01. The number of aryl methyl sites for hydroxylation is 2. The van der Waals surface area contributed by atoms with E-state index in [0.29, 0.717) is 18.7 Å². The number of carbonyl (C=O) groups excluding carboxylic acids is 2. The molecule has 1 atom stereocenters. The predicted molar refractivity (Wildman–Crippen MR) is 117 cm³/mol. The summed E-state index contributed by atoms with van der Waals surface area (Å²) in [5.74, 6) is -0.264. The van der Waals surface area contributed by atoms with Crippen LogP contribution in [0.1, 0.15) is 34.3 Å². The molecule has 0 spiro atoms. The van der Waals surface area contributed by atoms with Crippen LogP contribution in [0.5, 0.6) is 0 Å². The van der Waals surface area contributed by atoms with Crippen molar-refractivity contribution >= 4 is 17.5 Å². The highest BCUT2D eigenvalue weighted by molar-refractivity contribution is 5.96. The fourth-order valence-electron chi connectivity index (χ4n) is 4.08. The Hall–Kier alpha value is -3.41. The van der Waals surface area contributed by atoms with Crippen LogP contribution in [0.2, 0.25) is 0 Å². The molecule has 154 valence electrons. The number of hydrogen-bond acceptors (Lipinski definition) is 3. The fraction of sp³-hybridized carbons (Fsp3) is 0.292. The van der Waals surface area contributed by atoms with Gasteiger partial charge in [0.05, 0.1) is 11.6 Å². The molecule has 0 radical (unpaired) electrons. The largest absolute Gasteiger partial charge is 0.338 e. The average Bonchev–Trinajstić information content (AvgIpc) is 3.28. The van der Waals surface area contributed by atoms with Gasteiger partial charge in [0, 0.05) is 36.1 Å². The van der Waals surface area contributed by atoms with Crippen LogP contribution < -0.4 is 5.32 Å². The van der Waals surface area contributed by atoms with Crippen molar-refractivity contribution in [2.45, 2.75) is 26.7 Å². The van der Waals surface area contributed by atoms with E-state index in [1.807, 2.05) is 61.2 Å². The molecule has 6 heteroatoms. The molecule has 1 aromatic heterocycles. The zero-order chi connectivity index (χ0) is 21.1. The van der Waals surface area contributed by atoms with E-state index in [9.17, 15) is 9.59 Å². The normalized spacial score (nSPS) is 16.3. The van der Waals surface area contributed by atoms with Gasteiger partial charge >= 0.3 is 0 Å². The first-order chi connectivity index (χ1) is 14.5. The molecule has 0 aliphatic carbocycles. The minimum Gasteiger partial charge on any atom is -0.338 e. The van der Waals surface area contributed by atoms with Crippen molar-refractivity contribution in [3.8, 4) is 11.3 Å². The number of aromatic amines is 1. The summed E-state index contributed by atoms with van der Waals surface area (Å²) in [4.78, 5) is 27.7. The molecule has 0 bridgehead atoms. The van der Waals surface area contributed by atoms with Crippen LogP contribution >= 0.6 is 0 Å². The van der Waals surface area contributed by atoms with E-state index in [-0.39, 0.29) is 17.7 Å². The smallest absolute Gasteiger partial charge is 0.253 e. The number of anilines is 1. The van der Waals surface area contributed by atoms with Gasteiger partial charge in [0.2, 0.25) is 5.91 Å². The van der Waals surface area contributed by atoms with Crippen LogP contribution in [0.3, 0.4) is 0 Å². The lowest BCUT2D eigenvalue weighted by Crippen LogP contribution is -2.43. The highest BCUT2D eigenvalue weighted by atomic mass is 16.2. The molecule has 1 aliphatic rings. The van der Waals surface area contributed by atoms with Crippen molar-refractivity contribution in [3.63, 3.8) is 0 Å². The standard InChI is InChI=1S/C24H26N4O2/c1-16-11-17(2)13-20(12-16)24(30)28-10-4-6-19(15-28)23(29)26-21-7-3-5-18(14-21)22-8-9-25-27-22/h3,5,7-9,11-14,19H,4,6,10,15H2,1-2H3,(H,25,27)(H,26,29)/t19-/m1/s1. The van der Waals surface area contributed by atoms with E-state index >= 15 is 0 Å². The first-order valence-corrected chi connectivity index (χ1v) is 10.3. The van der Waals surface area contributed by atoms with Gasteiger partial charge in [-0.25, -0.2) is 0 Å². The highest BCUT2D eigenvalue weighted by Crippen LogP contribution is 2.24. The number of carbonyl (C=O) groups is 2. The Morgan fingerprint density at radius 3 is 2.63 bits per heavy atom. The van der Waals surface area contributed by atoms with Crippen molar-refractivity contribution in [2.75, 3.05) is 18.4 Å². The fourth-order valence-corrected chi connectivity index (χ4v) is 4.08. The van der Waals surface area contributed by atoms with E-state index < -0.39 is 0 Å². The minimum absolute atomic E-state index is 0.000502. The number of H-pyrrole nitrogens is 1. The monoisotopic (exact) mass is 402 g/mol. The Morgan fingerprint density at radius 2 is 1.90 bits per heavy atom. The number of amides is 2. The summed E-state index contributed by atoms with van der Waals surface area (Å²) in [6.45, 7) is 5.12. The first kappa shape index (κ1) is 19.9. The van der Waals surface area contributed by atoms with Crippen LogP contribution in [-0.4, -0.2) is 40.0 Å². The second-order valence-electron chi connectivity index (χ2n) is 8.01. The number of benzene rings is 2. The molecule has 4 rings (SSSR count). The molecule has 2 aromatic carbocycles. The van der Waals surface area contributed by atoms with Crippen LogP contribution in [0, 0.1) is 19.8 Å². The lowest BCUT2D eigenvalue weighted by Gasteiger charge is -2.32. The average molecular weight is 402 g/mol. The second kappa shape index (κ2) is 8.53. The van der Waals surface area contributed by atoms with Gasteiger partial charge in [-0.15, -0.1) is 0 Å². The van der Waals surface area contributed by atoms with Crippen LogP contribution in [-0.2, 0) is 4.79 Å². The zero-order valence-electron chi connectivity index (χ0n) is 17.3. The van der Waals surface area contributed by atoms with Gasteiger partial charge in [-0.3, -0.25) is 14.7 Å². The van der Waals surface area contributed by atoms with Gasteiger partial charge in [-0.1, -0.05) is 29.3 Å². The Bertz CT molecular complexity index is 1040. The van der Waals surface area contributed by atoms with Crippen LogP contribution in [0.25, 0.3) is 11.3 Å². The van der Waals surface area contributed by atoms with Gasteiger partial charge in [-0.05, 0) is 57.0 Å². The highest BCUT2D eigenvalue weighted by Gasteiger charge is 2.29. The molecule has 2 N–H and O–H groups in total. The molecule has 2 amide bonds. The molecule has 0 unspecified atom stereocenters. The third-order valence-corrected chi connectivity index (χ3v) is 5.49. The number of nitrogens with zero attached hydrogens (tertiary/aromatic N) is 2. The third-order valence-electron chi connectivity index (χ3n) is 5.49. The Kier molecular flexibility index (Phi) is 5.65. The maximum Gasteiger partial charge on any atom is 0.253 e. The molecule has 1 aliphatic heterocycles. The summed E-state index contributed by atoms with van der Waals surface area (Å²) in [5, 5.41) is 9.93. The van der Waals surface area contributed by atoms with Gasteiger partial charge in [0.1, 0.15) is 0 Å². The summed E-state index contributed by atoms with van der Waals surface area (Å²) in [6.07, 6.45) is 3.30. The summed E-state index contributed by atoms with van der Waals surface area (Å²) in [6, 6.07) is 15.4. The predicted octanol–water partition coefficient (Wildman–Crippen LogP) is 4.18. The molecular weight excluding hydrogens is 376 g/mol. The molecular formula is C24H26N4O2. The summed E-state index contributed by atoms with van der Waals surface area (Å²) >= 11 is 0.